The fourth-order valence-corrected chi connectivity index (χ4v) is 2.55. The first kappa shape index (κ1) is 16.7. The van der Waals surface area contributed by atoms with Crippen LogP contribution in [-0.4, -0.2) is 11.3 Å². The second-order valence-electron chi connectivity index (χ2n) is 4.78. The lowest BCUT2D eigenvalue weighted by Crippen LogP contribution is -2.24. The Balaban J connectivity index is 1.99. The number of anilines is 1. The van der Waals surface area contributed by atoms with Crippen molar-refractivity contribution in [1.29, 1.82) is 0 Å². The Hall–Kier alpha value is -1.62. The number of hydrazone groups is 1. The topological polar surface area (TPSA) is 36.4 Å². The maximum absolute atomic E-state index is 6.06. The van der Waals surface area contributed by atoms with Crippen LogP contribution in [-0.2, 0) is 0 Å². The highest BCUT2D eigenvalue weighted by Crippen LogP contribution is 2.22. The molecule has 0 aliphatic heterocycles. The number of hydrogen-bond acceptors (Lipinski definition) is 2. The van der Waals surface area contributed by atoms with Crippen molar-refractivity contribution in [2.75, 3.05) is 5.32 Å². The van der Waals surface area contributed by atoms with E-state index in [-0.39, 0.29) is 0 Å². The lowest BCUT2D eigenvalue weighted by atomic mass is 10.1. The Labute approximate surface area is 145 Å². The molecule has 0 saturated carbocycles. The predicted molar refractivity (Wildman–Crippen MR) is 99.3 cm³/mol. The summed E-state index contributed by atoms with van der Waals surface area (Å²) in [7, 11) is 0. The predicted octanol–water partition coefficient (Wildman–Crippen LogP) is 4.93. The molecule has 0 atom stereocenters. The summed E-state index contributed by atoms with van der Waals surface area (Å²) in [6, 6.07) is 11.4. The van der Waals surface area contributed by atoms with Crippen LogP contribution in [0, 0.1) is 13.8 Å². The zero-order valence-corrected chi connectivity index (χ0v) is 14.5. The highest BCUT2D eigenvalue weighted by Gasteiger charge is 2.03. The Morgan fingerprint density at radius 2 is 1.82 bits per heavy atom. The summed E-state index contributed by atoms with van der Waals surface area (Å²) in [6.45, 7) is 4.07. The molecule has 0 heterocycles. The summed E-state index contributed by atoms with van der Waals surface area (Å²) in [5, 5.41) is 8.61. The molecule has 3 nitrogen and oxygen atoms in total. The maximum Gasteiger partial charge on any atom is 0.191 e. The summed E-state index contributed by atoms with van der Waals surface area (Å²) in [4.78, 5) is 0. The molecule has 2 aromatic carbocycles. The number of nitrogens with zero attached hydrogens (tertiary/aromatic N) is 1. The highest BCUT2D eigenvalue weighted by atomic mass is 35.5. The lowest BCUT2D eigenvalue weighted by Gasteiger charge is -2.10. The Morgan fingerprint density at radius 1 is 1.14 bits per heavy atom. The van der Waals surface area contributed by atoms with Crippen LogP contribution in [0.1, 0.15) is 16.7 Å². The van der Waals surface area contributed by atoms with Crippen LogP contribution in [0.25, 0.3) is 0 Å². The molecule has 0 unspecified atom stereocenters. The van der Waals surface area contributed by atoms with E-state index in [0.29, 0.717) is 20.7 Å². The summed E-state index contributed by atoms with van der Waals surface area (Å²) in [5.41, 5.74) is 6.65. The van der Waals surface area contributed by atoms with Gasteiger partial charge >= 0.3 is 0 Å². The van der Waals surface area contributed by atoms with Crippen LogP contribution in [0.3, 0.4) is 0 Å². The molecule has 2 N–H and O–H groups in total. The minimum atomic E-state index is 0.395. The van der Waals surface area contributed by atoms with Gasteiger partial charge < -0.3 is 5.32 Å². The number of halogens is 2. The van der Waals surface area contributed by atoms with Gasteiger partial charge in [0.05, 0.1) is 16.3 Å². The van der Waals surface area contributed by atoms with Crippen molar-refractivity contribution in [2.24, 2.45) is 5.10 Å². The van der Waals surface area contributed by atoms with Crippen molar-refractivity contribution in [3.05, 3.63) is 63.1 Å². The molecular weight excluding hydrogens is 337 g/mol. The van der Waals surface area contributed by atoms with Crippen LogP contribution < -0.4 is 10.7 Å². The minimum Gasteiger partial charge on any atom is -0.331 e. The average Bonchev–Trinajstić information content (AvgIpc) is 2.45. The normalized spacial score (nSPS) is 10.7. The fraction of sp³-hybridized carbons (Fsp3) is 0.125. The molecule has 0 amide bonds. The van der Waals surface area contributed by atoms with Crippen molar-refractivity contribution in [3.8, 4) is 0 Å². The first-order valence-electron chi connectivity index (χ1n) is 6.58. The van der Waals surface area contributed by atoms with Gasteiger partial charge in [0.1, 0.15) is 0 Å². The molecule has 0 aliphatic rings. The Kier molecular flexibility index (Phi) is 5.77. The van der Waals surface area contributed by atoms with Gasteiger partial charge in [-0.05, 0) is 49.8 Å². The zero-order chi connectivity index (χ0) is 16.1. The zero-order valence-electron chi connectivity index (χ0n) is 12.2. The van der Waals surface area contributed by atoms with E-state index in [0.717, 1.165) is 11.3 Å². The van der Waals surface area contributed by atoms with Gasteiger partial charge in [0.2, 0.25) is 0 Å². The molecule has 0 spiro atoms. The Morgan fingerprint density at radius 3 is 2.45 bits per heavy atom. The van der Waals surface area contributed by atoms with Crippen LogP contribution >= 0.6 is 35.4 Å². The van der Waals surface area contributed by atoms with Crippen LogP contribution in [0.2, 0.25) is 10.0 Å². The number of hydrogen-bond donors (Lipinski definition) is 2. The number of benzene rings is 2. The van der Waals surface area contributed by atoms with Gasteiger partial charge in [-0.3, -0.25) is 5.43 Å². The standard InChI is InChI=1S/C16H15Cl2N3S/c1-10-6-7-15(11(2)8-10)20-16(22)21-19-9-12-13(17)4-3-5-14(12)18/h3-9H,1-2H3,(H2,20,21,22)/b19-9+. The molecule has 0 radical (unpaired) electrons. The summed E-state index contributed by atoms with van der Waals surface area (Å²) in [6.07, 6.45) is 1.54. The SMILES string of the molecule is Cc1ccc(NC(=S)N/N=C/c2c(Cl)cccc2Cl)c(C)c1. The molecule has 114 valence electrons. The molecule has 0 fully saturated rings. The third-order valence-corrected chi connectivity index (χ3v) is 3.84. The van der Waals surface area contributed by atoms with Crippen molar-refractivity contribution < 1.29 is 0 Å². The molecule has 0 bridgehead atoms. The van der Waals surface area contributed by atoms with E-state index in [1.165, 1.54) is 5.56 Å². The van der Waals surface area contributed by atoms with Crippen molar-refractivity contribution in [3.63, 3.8) is 0 Å². The lowest BCUT2D eigenvalue weighted by molar-refractivity contribution is 1.05. The van der Waals surface area contributed by atoms with Gasteiger partial charge in [0.25, 0.3) is 0 Å². The molecule has 0 aliphatic carbocycles. The van der Waals surface area contributed by atoms with E-state index in [9.17, 15) is 0 Å². The van der Waals surface area contributed by atoms with Crippen molar-refractivity contribution >= 4 is 52.4 Å². The fourth-order valence-electron chi connectivity index (χ4n) is 1.89. The van der Waals surface area contributed by atoms with E-state index >= 15 is 0 Å². The number of nitrogens with one attached hydrogen (secondary N) is 2. The first-order chi connectivity index (χ1) is 10.5. The summed E-state index contributed by atoms with van der Waals surface area (Å²) >= 11 is 17.3. The molecule has 2 aromatic rings. The van der Waals surface area contributed by atoms with Crippen LogP contribution in [0.4, 0.5) is 5.69 Å². The number of thiocarbonyl (C=S) groups is 1. The maximum atomic E-state index is 6.06. The molecule has 22 heavy (non-hydrogen) atoms. The second-order valence-corrected chi connectivity index (χ2v) is 6.00. The van der Waals surface area contributed by atoms with Gasteiger partial charge in [0.15, 0.2) is 5.11 Å². The highest BCUT2D eigenvalue weighted by molar-refractivity contribution is 7.80. The van der Waals surface area contributed by atoms with E-state index in [1.54, 1.807) is 24.4 Å². The largest absolute Gasteiger partial charge is 0.331 e. The van der Waals surface area contributed by atoms with Crippen molar-refractivity contribution in [2.45, 2.75) is 13.8 Å². The van der Waals surface area contributed by atoms with Crippen LogP contribution in [0.5, 0.6) is 0 Å². The summed E-state index contributed by atoms with van der Waals surface area (Å²) in [5.74, 6) is 0. The van der Waals surface area contributed by atoms with Gasteiger partial charge in [-0.1, -0.05) is 47.0 Å². The molecule has 0 saturated heterocycles. The average molecular weight is 352 g/mol. The molecule has 2 rings (SSSR count). The minimum absolute atomic E-state index is 0.395. The smallest absolute Gasteiger partial charge is 0.191 e. The summed E-state index contributed by atoms with van der Waals surface area (Å²) < 4.78 is 0. The van der Waals surface area contributed by atoms with E-state index in [1.807, 2.05) is 26.0 Å². The third-order valence-electron chi connectivity index (χ3n) is 2.99. The van der Waals surface area contributed by atoms with Gasteiger partial charge in [-0.2, -0.15) is 5.10 Å². The van der Waals surface area contributed by atoms with E-state index in [4.69, 9.17) is 35.4 Å². The van der Waals surface area contributed by atoms with Gasteiger partial charge in [0, 0.05) is 11.3 Å². The number of aryl methyl sites for hydroxylation is 2. The van der Waals surface area contributed by atoms with Gasteiger partial charge in [-0.15, -0.1) is 0 Å². The number of rotatable bonds is 3. The molecule has 6 heteroatoms. The Bertz CT molecular complexity index is 709. The van der Waals surface area contributed by atoms with E-state index < -0.39 is 0 Å². The van der Waals surface area contributed by atoms with Gasteiger partial charge in [-0.25, -0.2) is 0 Å². The molecular formula is C16H15Cl2N3S. The molecule has 0 aromatic heterocycles. The third kappa shape index (κ3) is 4.44. The van der Waals surface area contributed by atoms with Crippen LogP contribution in [0.15, 0.2) is 41.5 Å². The van der Waals surface area contributed by atoms with E-state index in [2.05, 4.69) is 21.9 Å². The van der Waals surface area contributed by atoms with Crippen molar-refractivity contribution in [1.82, 2.24) is 5.43 Å². The first-order valence-corrected chi connectivity index (χ1v) is 7.75. The monoisotopic (exact) mass is 351 g/mol. The second kappa shape index (κ2) is 7.58. The quantitative estimate of drug-likeness (QED) is 0.467.